The number of carbonyl (C=O) groups is 1. The summed E-state index contributed by atoms with van der Waals surface area (Å²) in [5, 5.41) is 7.68. The molecular weight excluding hydrogens is 272 g/mol. The summed E-state index contributed by atoms with van der Waals surface area (Å²) in [6.07, 6.45) is 5.03. The van der Waals surface area contributed by atoms with E-state index in [1.54, 1.807) is 28.5 Å². The van der Waals surface area contributed by atoms with E-state index in [4.69, 9.17) is 0 Å². The average molecular weight is 290 g/mol. The third kappa shape index (κ3) is 2.47. The van der Waals surface area contributed by atoms with Crippen LogP contribution in [-0.2, 0) is 6.42 Å². The molecule has 1 atom stereocenters. The maximum atomic E-state index is 12.2. The van der Waals surface area contributed by atoms with Crippen molar-refractivity contribution in [2.45, 2.75) is 32.1 Å². The van der Waals surface area contributed by atoms with Gasteiger partial charge in [0, 0.05) is 30.6 Å². The topological polar surface area (TPSA) is 61.9 Å². The highest BCUT2D eigenvalue weighted by atomic mass is 32.1. The molecule has 2 aromatic rings. The Morgan fingerprint density at radius 2 is 2.45 bits per heavy atom. The Kier molecular flexibility index (Phi) is 3.56. The molecule has 2 aromatic heterocycles. The zero-order valence-electron chi connectivity index (χ0n) is 11.7. The number of amides is 1. The zero-order valence-corrected chi connectivity index (χ0v) is 12.5. The quantitative estimate of drug-likeness (QED) is 0.944. The predicted molar refractivity (Wildman–Crippen MR) is 78.1 cm³/mol. The van der Waals surface area contributed by atoms with Crippen LogP contribution in [0.15, 0.2) is 12.3 Å². The fraction of sp³-hybridized carbons (Fsp3) is 0.500. The number of hydrogen-bond donors (Lipinski definition) is 1. The maximum Gasteiger partial charge on any atom is 0.271 e. The summed E-state index contributed by atoms with van der Waals surface area (Å²) in [6.45, 7) is 2.77. The Bertz CT molecular complexity index is 605. The maximum absolute atomic E-state index is 12.2. The summed E-state index contributed by atoms with van der Waals surface area (Å²) in [4.78, 5) is 20.1. The third-order valence-corrected chi connectivity index (χ3v) is 4.80. The van der Waals surface area contributed by atoms with E-state index < -0.39 is 0 Å². The van der Waals surface area contributed by atoms with E-state index in [0.717, 1.165) is 17.8 Å². The number of thiazole rings is 1. The first kappa shape index (κ1) is 13.3. The Morgan fingerprint density at radius 3 is 3.20 bits per heavy atom. The van der Waals surface area contributed by atoms with Gasteiger partial charge in [-0.3, -0.25) is 9.89 Å². The van der Waals surface area contributed by atoms with Crippen molar-refractivity contribution in [3.05, 3.63) is 33.5 Å². The predicted octanol–water partition coefficient (Wildman–Crippen LogP) is 2.37. The van der Waals surface area contributed by atoms with Crippen LogP contribution in [0.5, 0.6) is 0 Å². The fourth-order valence-electron chi connectivity index (χ4n) is 2.80. The number of aryl methyl sites for hydroxylation is 2. The molecule has 0 saturated heterocycles. The minimum absolute atomic E-state index is 0.0124. The lowest BCUT2D eigenvalue weighted by Crippen LogP contribution is -2.32. The summed E-state index contributed by atoms with van der Waals surface area (Å²) < 4.78 is 0. The van der Waals surface area contributed by atoms with Crippen LogP contribution < -0.4 is 0 Å². The molecule has 0 aliphatic heterocycles. The van der Waals surface area contributed by atoms with Crippen LogP contribution in [0.1, 0.15) is 44.8 Å². The van der Waals surface area contributed by atoms with Gasteiger partial charge in [-0.25, -0.2) is 4.98 Å². The first-order valence-electron chi connectivity index (χ1n) is 6.86. The zero-order chi connectivity index (χ0) is 14.1. The van der Waals surface area contributed by atoms with Gasteiger partial charge in [-0.2, -0.15) is 5.10 Å². The second-order valence-corrected chi connectivity index (χ2v) is 6.57. The number of fused-ring (bicyclic) bond motifs is 1. The summed E-state index contributed by atoms with van der Waals surface area (Å²) in [5.74, 6) is 0.349. The highest BCUT2D eigenvalue weighted by Gasteiger charge is 2.26. The van der Waals surface area contributed by atoms with Gasteiger partial charge in [0.15, 0.2) is 0 Å². The minimum atomic E-state index is -0.0124. The Hall–Kier alpha value is -1.69. The molecule has 6 heteroatoms. The number of hydrogen-bond acceptors (Lipinski definition) is 4. The number of likely N-dealkylation sites (N-methyl/N-ethyl adjacent to an activating group) is 1. The number of carbonyl (C=O) groups excluding carboxylic acids is 1. The van der Waals surface area contributed by atoms with Crippen molar-refractivity contribution in [1.82, 2.24) is 20.1 Å². The van der Waals surface area contributed by atoms with Gasteiger partial charge in [0.25, 0.3) is 5.91 Å². The SMILES string of the molecule is Cc1nc2c(s1)CCC[C@@H]2CN(C)C(=O)c1ccn[nH]1. The van der Waals surface area contributed by atoms with E-state index in [2.05, 4.69) is 22.1 Å². The molecule has 0 fully saturated rings. The smallest absolute Gasteiger partial charge is 0.271 e. The van der Waals surface area contributed by atoms with Crippen LogP contribution in [0.25, 0.3) is 0 Å². The summed E-state index contributed by atoms with van der Waals surface area (Å²) in [5.41, 5.74) is 1.75. The van der Waals surface area contributed by atoms with Crippen LogP contribution in [0.4, 0.5) is 0 Å². The molecule has 0 aromatic carbocycles. The molecule has 0 spiro atoms. The molecule has 20 heavy (non-hydrogen) atoms. The lowest BCUT2D eigenvalue weighted by atomic mass is 9.90. The van der Waals surface area contributed by atoms with Crippen LogP contribution >= 0.6 is 11.3 Å². The highest BCUT2D eigenvalue weighted by Crippen LogP contribution is 2.35. The van der Waals surface area contributed by atoms with Crippen molar-refractivity contribution in [2.24, 2.45) is 0 Å². The summed E-state index contributed by atoms with van der Waals surface area (Å²) >= 11 is 1.80. The number of rotatable bonds is 3. The van der Waals surface area contributed by atoms with Crippen molar-refractivity contribution in [2.75, 3.05) is 13.6 Å². The Balaban J connectivity index is 1.74. The first-order valence-corrected chi connectivity index (χ1v) is 7.68. The molecule has 0 unspecified atom stereocenters. The molecule has 1 amide bonds. The molecule has 1 N–H and O–H groups in total. The van der Waals surface area contributed by atoms with Gasteiger partial charge in [0.05, 0.1) is 10.7 Å². The lowest BCUT2D eigenvalue weighted by molar-refractivity contribution is 0.0777. The van der Waals surface area contributed by atoms with Gasteiger partial charge >= 0.3 is 0 Å². The van der Waals surface area contributed by atoms with Gasteiger partial charge in [-0.15, -0.1) is 11.3 Å². The largest absolute Gasteiger partial charge is 0.340 e. The lowest BCUT2D eigenvalue weighted by Gasteiger charge is -2.26. The van der Waals surface area contributed by atoms with Crippen LogP contribution in [-0.4, -0.2) is 39.6 Å². The van der Waals surface area contributed by atoms with Gasteiger partial charge in [0.2, 0.25) is 0 Å². The standard InChI is InChI=1S/C14H18N4OS/c1-9-16-13-10(4-3-5-12(13)20-9)8-18(2)14(19)11-6-7-15-17-11/h6-7,10H,3-5,8H2,1-2H3,(H,15,17)/t10-/m1/s1. The van der Waals surface area contributed by atoms with E-state index in [1.807, 2.05) is 7.05 Å². The average Bonchev–Trinajstić information content (AvgIpc) is 3.06. The summed E-state index contributed by atoms with van der Waals surface area (Å²) in [7, 11) is 1.84. The van der Waals surface area contributed by atoms with E-state index in [0.29, 0.717) is 18.2 Å². The third-order valence-electron chi connectivity index (χ3n) is 3.75. The molecule has 0 saturated carbocycles. The van der Waals surface area contributed by atoms with Crippen molar-refractivity contribution in [3.8, 4) is 0 Å². The van der Waals surface area contributed by atoms with Crippen LogP contribution in [0.3, 0.4) is 0 Å². The second-order valence-electron chi connectivity index (χ2n) is 5.29. The molecular formula is C14H18N4OS. The second kappa shape index (κ2) is 5.36. The van der Waals surface area contributed by atoms with E-state index in [1.165, 1.54) is 17.0 Å². The number of nitrogens with one attached hydrogen (secondary N) is 1. The first-order chi connectivity index (χ1) is 9.65. The minimum Gasteiger partial charge on any atom is -0.340 e. The van der Waals surface area contributed by atoms with Crippen molar-refractivity contribution < 1.29 is 4.79 Å². The monoisotopic (exact) mass is 290 g/mol. The molecule has 5 nitrogen and oxygen atoms in total. The molecule has 3 rings (SSSR count). The molecule has 0 radical (unpaired) electrons. The molecule has 106 valence electrons. The van der Waals surface area contributed by atoms with Crippen molar-refractivity contribution in [1.29, 1.82) is 0 Å². The molecule has 2 heterocycles. The van der Waals surface area contributed by atoms with Gasteiger partial charge in [0.1, 0.15) is 5.69 Å². The molecule has 1 aliphatic rings. The van der Waals surface area contributed by atoms with Gasteiger partial charge in [-0.05, 0) is 32.3 Å². The number of H-pyrrole nitrogens is 1. The van der Waals surface area contributed by atoms with Crippen LogP contribution in [0.2, 0.25) is 0 Å². The van der Waals surface area contributed by atoms with Gasteiger partial charge < -0.3 is 4.90 Å². The number of nitrogens with zero attached hydrogens (tertiary/aromatic N) is 3. The number of aromatic amines is 1. The van der Waals surface area contributed by atoms with Gasteiger partial charge in [-0.1, -0.05) is 0 Å². The van der Waals surface area contributed by atoms with Crippen LogP contribution in [0, 0.1) is 6.92 Å². The van der Waals surface area contributed by atoms with E-state index in [-0.39, 0.29) is 5.91 Å². The van der Waals surface area contributed by atoms with E-state index in [9.17, 15) is 4.79 Å². The normalized spacial score (nSPS) is 17.8. The van der Waals surface area contributed by atoms with Crippen molar-refractivity contribution in [3.63, 3.8) is 0 Å². The Morgan fingerprint density at radius 1 is 1.60 bits per heavy atom. The molecule has 0 bridgehead atoms. The Labute approximate surface area is 122 Å². The fourth-order valence-corrected chi connectivity index (χ4v) is 3.86. The molecule has 1 aliphatic carbocycles. The van der Waals surface area contributed by atoms with Crippen molar-refractivity contribution >= 4 is 17.2 Å². The van der Waals surface area contributed by atoms with E-state index >= 15 is 0 Å². The highest BCUT2D eigenvalue weighted by molar-refractivity contribution is 7.11. The number of aromatic nitrogens is 3. The summed E-state index contributed by atoms with van der Waals surface area (Å²) in [6, 6.07) is 1.71.